The molecule has 1 fully saturated rings. The fourth-order valence-corrected chi connectivity index (χ4v) is 5.23. The Labute approximate surface area is 256 Å². The Balaban J connectivity index is 1.31. The van der Waals surface area contributed by atoms with Crippen LogP contribution in [-0.4, -0.2) is 52.8 Å². The molecule has 1 aromatic heterocycles. The summed E-state index contributed by atoms with van der Waals surface area (Å²) in [5.74, 6) is -1.75. The van der Waals surface area contributed by atoms with Crippen molar-refractivity contribution in [1.29, 1.82) is 0 Å². The molecule has 2 heterocycles. The first-order valence-corrected chi connectivity index (χ1v) is 14.8. The Hall–Kier alpha value is -4.76. The third-order valence-corrected chi connectivity index (χ3v) is 8.00. The van der Waals surface area contributed by atoms with Crippen LogP contribution in [0.3, 0.4) is 0 Å². The van der Waals surface area contributed by atoms with Crippen LogP contribution >= 0.6 is 0 Å². The van der Waals surface area contributed by atoms with Gasteiger partial charge in [0, 0.05) is 29.4 Å². The molecule has 44 heavy (non-hydrogen) atoms. The summed E-state index contributed by atoms with van der Waals surface area (Å²) in [4.78, 5) is 56.4. The van der Waals surface area contributed by atoms with Crippen molar-refractivity contribution in [3.63, 3.8) is 0 Å². The second-order valence-corrected chi connectivity index (χ2v) is 11.5. The molecule has 4 aromatic rings. The Morgan fingerprint density at radius 3 is 2.20 bits per heavy atom. The number of carbonyl (C=O) groups excluding carboxylic acids is 4. The Bertz CT molecular complexity index is 1610. The van der Waals surface area contributed by atoms with Crippen molar-refractivity contribution < 1.29 is 28.7 Å². The molecule has 1 aliphatic heterocycles. The SMILES string of the molecule is CC(NC(=O)OCc1ccccc1)C(=O)C[C@@H](Cc1c[nH]c2ccccc12)C(=O)N[C@@H](Cc1ccccc1)C(=O)C1(C)CO1. The summed E-state index contributed by atoms with van der Waals surface area (Å²) in [6, 6.07) is 24.7. The molecule has 0 radical (unpaired) electrons. The van der Waals surface area contributed by atoms with Crippen LogP contribution in [0.5, 0.6) is 0 Å². The summed E-state index contributed by atoms with van der Waals surface area (Å²) < 4.78 is 10.7. The summed E-state index contributed by atoms with van der Waals surface area (Å²) >= 11 is 0. The minimum atomic E-state index is -0.937. The quantitative estimate of drug-likeness (QED) is 0.182. The molecule has 2 unspecified atom stereocenters. The lowest BCUT2D eigenvalue weighted by Gasteiger charge is -2.24. The molecule has 2 amide bonds. The normalized spacial score (nSPS) is 17.7. The van der Waals surface area contributed by atoms with E-state index in [1.54, 1.807) is 13.8 Å². The summed E-state index contributed by atoms with van der Waals surface area (Å²) in [6.07, 6.45) is 1.52. The van der Waals surface area contributed by atoms with Gasteiger partial charge in [-0.2, -0.15) is 0 Å². The van der Waals surface area contributed by atoms with E-state index in [1.165, 1.54) is 0 Å². The van der Waals surface area contributed by atoms with Gasteiger partial charge in [-0.05, 0) is 49.4 Å². The Morgan fingerprint density at radius 1 is 0.886 bits per heavy atom. The van der Waals surface area contributed by atoms with E-state index in [-0.39, 0.29) is 31.0 Å². The van der Waals surface area contributed by atoms with Crippen molar-refractivity contribution in [2.75, 3.05) is 6.61 Å². The van der Waals surface area contributed by atoms with Gasteiger partial charge >= 0.3 is 6.09 Å². The van der Waals surface area contributed by atoms with Gasteiger partial charge in [-0.15, -0.1) is 0 Å². The molecule has 0 bridgehead atoms. The topological polar surface area (TPSA) is 130 Å². The fraction of sp³-hybridized carbons (Fsp3) is 0.314. The smallest absolute Gasteiger partial charge is 0.408 e. The zero-order valence-electron chi connectivity index (χ0n) is 24.9. The predicted octanol–water partition coefficient (Wildman–Crippen LogP) is 4.69. The number of amides is 2. The number of fused-ring (bicyclic) bond motifs is 1. The summed E-state index contributed by atoms with van der Waals surface area (Å²) in [5, 5.41) is 6.48. The first-order valence-electron chi connectivity index (χ1n) is 14.8. The highest BCUT2D eigenvalue weighted by atomic mass is 16.6. The number of H-pyrrole nitrogens is 1. The lowest BCUT2D eigenvalue weighted by atomic mass is 9.89. The number of ether oxygens (including phenoxy) is 2. The van der Waals surface area contributed by atoms with Crippen LogP contribution in [0.4, 0.5) is 4.79 Å². The molecule has 1 saturated heterocycles. The van der Waals surface area contributed by atoms with Crippen LogP contribution in [-0.2, 0) is 43.3 Å². The minimum absolute atomic E-state index is 0.0681. The number of aromatic nitrogens is 1. The first kappa shape index (κ1) is 30.7. The summed E-state index contributed by atoms with van der Waals surface area (Å²) in [6.45, 7) is 3.66. The third-order valence-electron chi connectivity index (χ3n) is 8.00. The zero-order valence-corrected chi connectivity index (χ0v) is 24.9. The van der Waals surface area contributed by atoms with Gasteiger partial charge in [-0.3, -0.25) is 14.4 Å². The maximum atomic E-state index is 13.9. The number of alkyl carbamates (subject to hydrolysis) is 1. The first-order chi connectivity index (χ1) is 21.2. The number of ketones is 2. The van der Waals surface area contributed by atoms with Crippen molar-refractivity contribution in [2.45, 2.75) is 57.4 Å². The van der Waals surface area contributed by atoms with E-state index in [4.69, 9.17) is 9.47 Å². The highest BCUT2D eigenvalue weighted by Crippen LogP contribution is 2.30. The number of epoxide rings is 1. The molecule has 9 nitrogen and oxygen atoms in total. The average Bonchev–Trinajstić information content (AvgIpc) is 3.67. The van der Waals surface area contributed by atoms with Crippen LogP contribution in [0, 0.1) is 5.92 Å². The van der Waals surface area contributed by atoms with Gasteiger partial charge in [0.15, 0.2) is 11.6 Å². The van der Waals surface area contributed by atoms with Crippen molar-refractivity contribution in [2.24, 2.45) is 5.92 Å². The third kappa shape index (κ3) is 7.79. The van der Waals surface area contributed by atoms with Crippen molar-refractivity contribution >= 4 is 34.5 Å². The summed E-state index contributed by atoms with van der Waals surface area (Å²) in [5.41, 5.74) is 2.57. The van der Waals surface area contributed by atoms with Crippen molar-refractivity contribution in [3.05, 3.63) is 108 Å². The minimum Gasteiger partial charge on any atom is -0.445 e. The van der Waals surface area contributed by atoms with Crippen molar-refractivity contribution in [3.8, 4) is 0 Å². The van der Waals surface area contributed by atoms with E-state index >= 15 is 0 Å². The molecular weight excluding hydrogens is 558 g/mol. The van der Waals surface area contributed by atoms with Crippen LogP contribution < -0.4 is 10.6 Å². The standard InChI is InChI=1S/C35H37N3O6/c1-23(37-34(42)43-21-25-13-7-4-8-14-25)31(39)19-26(18-27-20-36-29-16-10-9-15-28(27)29)33(41)38-30(32(40)35(2)22-44-35)17-24-11-5-3-6-12-24/h3-16,20,23,26,30,36H,17-19,21-22H2,1-2H3,(H,37,42)(H,38,41)/t23?,26-,30+,35?/m1/s1. The maximum Gasteiger partial charge on any atom is 0.408 e. The predicted molar refractivity (Wildman–Crippen MR) is 166 cm³/mol. The number of aromatic amines is 1. The van der Waals surface area contributed by atoms with Gasteiger partial charge in [-0.1, -0.05) is 78.9 Å². The van der Waals surface area contributed by atoms with Crippen LogP contribution in [0.2, 0.25) is 0 Å². The second-order valence-electron chi connectivity index (χ2n) is 11.5. The number of nitrogens with one attached hydrogen (secondary N) is 3. The van der Waals surface area contributed by atoms with E-state index in [2.05, 4.69) is 15.6 Å². The van der Waals surface area contributed by atoms with E-state index < -0.39 is 35.6 Å². The van der Waals surface area contributed by atoms with Gasteiger partial charge in [0.1, 0.15) is 12.2 Å². The number of hydrogen-bond donors (Lipinski definition) is 3. The number of hydrogen-bond acceptors (Lipinski definition) is 6. The monoisotopic (exact) mass is 595 g/mol. The molecule has 3 N–H and O–H groups in total. The molecule has 4 atom stereocenters. The number of benzene rings is 3. The van der Waals surface area contributed by atoms with Gasteiger partial charge in [0.25, 0.3) is 0 Å². The maximum absolute atomic E-state index is 13.9. The Morgan fingerprint density at radius 2 is 1.52 bits per heavy atom. The number of para-hydroxylation sites is 1. The number of rotatable bonds is 14. The fourth-order valence-electron chi connectivity index (χ4n) is 5.23. The highest BCUT2D eigenvalue weighted by Gasteiger charge is 2.50. The van der Waals surface area contributed by atoms with Gasteiger partial charge in [-0.25, -0.2) is 4.79 Å². The van der Waals surface area contributed by atoms with E-state index in [0.717, 1.165) is 27.6 Å². The van der Waals surface area contributed by atoms with E-state index in [1.807, 2.05) is 91.1 Å². The average molecular weight is 596 g/mol. The molecule has 0 saturated carbocycles. The largest absolute Gasteiger partial charge is 0.445 e. The zero-order chi connectivity index (χ0) is 31.1. The lowest BCUT2D eigenvalue weighted by molar-refractivity contribution is -0.134. The van der Waals surface area contributed by atoms with Gasteiger partial charge in [0.05, 0.1) is 18.7 Å². The van der Waals surface area contributed by atoms with Crippen LogP contribution in [0.1, 0.15) is 37.0 Å². The number of carbonyl (C=O) groups is 4. The van der Waals surface area contributed by atoms with Gasteiger partial charge in [0.2, 0.25) is 5.91 Å². The molecular formula is C35H37N3O6. The molecule has 0 spiro atoms. The van der Waals surface area contributed by atoms with Gasteiger partial charge < -0.3 is 25.1 Å². The molecule has 3 aromatic carbocycles. The van der Waals surface area contributed by atoms with Crippen molar-refractivity contribution in [1.82, 2.24) is 15.6 Å². The lowest BCUT2D eigenvalue weighted by Crippen LogP contribution is -2.50. The van der Waals surface area contributed by atoms with E-state index in [9.17, 15) is 19.2 Å². The molecule has 1 aliphatic rings. The van der Waals surface area contributed by atoms with Crippen LogP contribution in [0.15, 0.2) is 91.1 Å². The van der Waals surface area contributed by atoms with E-state index in [0.29, 0.717) is 13.0 Å². The summed E-state index contributed by atoms with van der Waals surface area (Å²) in [7, 11) is 0. The molecule has 228 valence electrons. The molecule has 0 aliphatic carbocycles. The van der Waals surface area contributed by atoms with Crippen LogP contribution in [0.25, 0.3) is 10.9 Å². The highest BCUT2D eigenvalue weighted by molar-refractivity contribution is 5.98. The molecule has 5 rings (SSSR count). The second kappa shape index (κ2) is 13.7. The Kier molecular flexibility index (Phi) is 9.55. The molecule has 9 heteroatoms. The number of Topliss-reactive ketones (excluding diaryl/α,β-unsaturated/α-hetero) is 2.